The van der Waals surface area contributed by atoms with Crippen molar-refractivity contribution in [2.45, 2.75) is 11.8 Å². The van der Waals surface area contributed by atoms with Crippen LogP contribution >= 0.6 is 43.5 Å². The van der Waals surface area contributed by atoms with Crippen LogP contribution in [0.15, 0.2) is 10.8 Å². The number of hydrogen-bond donors (Lipinski definition) is 0. The molecule has 0 saturated carbocycles. The first-order valence-corrected chi connectivity index (χ1v) is 5.54. The first-order chi connectivity index (χ1) is 6.07. The number of pyridine rings is 1. The van der Waals surface area contributed by atoms with E-state index in [0.717, 1.165) is 0 Å². The Morgan fingerprint density at radius 1 is 1.54 bits per heavy atom. The van der Waals surface area contributed by atoms with Crippen molar-refractivity contribution in [1.82, 2.24) is 4.98 Å². The Kier molecular flexibility index (Phi) is 4.06. The number of rotatable bonds is 2. The maximum atomic E-state index is 12.5. The van der Waals surface area contributed by atoms with Crippen molar-refractivity contribution in [2.24, 2.45) is 0 Å². The summed E-state index contributed by atoms with van der Waals surface area (Å²) in [6.45, 7) is 0. The first-order valence-electron chi connectivity index (χ1n) is 3.24. The van der Waals surface area contributed by atoms with E-state index in [-0.39, 0.29) is 10.6 Å². The van der Waals surface area contributed by atoms with Crippen LogP contribution in [-0.4, -0.2) is 4.98 Å². The third-order valence-corrected chi connectivity index (χ3v) is 3.02. The minimum absolute atomic E-state index is 0.00681. The number of nitrogens with zero attached hydrogens (tertiary/aromatic N) is 1. The highest BCUT2D eigenvalue weighted by Gasteiger charge is 2.19. The molecule has 0 aliphatic rings. The minimum Gasteiger partial charge on any atom is -0.247 e. The van der Waals surface area contributed by atoms with Crippen molar-refractivity contribution in [3.63, 3.8) is 0 Å². The molecule has 72 valence electrons. The van der Waals surface area contributed by atoms with Gasteiger partial charge in [0.15, 0.2) is 0 Å². The molecule has 1 aromatic rings. The molecule has 1 nitrogen and oxygen atoms in total. The van der Waals surface area contributed by atoms with E-state index in [1.54, 1.807) is 0 Å². The molecule has 0 saturated heterocycles. The molecule has 1 rings (SSSR count). The van der Waals surface area contributed by atoms with E-state index in [0.29, 0.717) is 15.5 Å². The molecule has 0 aliphatic carbocycles. The maximum absolute atomic E-state index is 12.5. The molecular weight excluding hydrogens is 331 g/mol. The smallest absolute Gasteiger partial charge is 0.247 e. The van der Waals surface area contributed by atoms with Crippen LogP contribution in [0.2, 0.25) is 5.02 Å². The van der Waals surface area contributed by atoms with Gasteiger partial charge in [0.25, 0.3) is 6.43 Å². The lowest BCUT2D eigenvalue weighted by Gasteiger charge is -2.09. The highest BCUT2D eigenvalue weighted by atomic mass is 79.9. The van der Waals surface area contributed by atoms with Crippen LogP contribution in [0.1, 0.15) is 17.6 Å². The van der Waals surface area contributed by atoms with Crippen molar-refractivity contribution >= 4 is 43.5 Å². The van der Waals surface area contributed by atoms with Crippen molar-refractivity contribution in [1.29, 1.82) is 0 Å². The molecule has 0 atom stereocenters. The molecule has 0 amide bonds. The van der Waals surface area contributed by atoms with Gasteiger partial charge in [0.05, 0.1) is 5.02 Å². The summed E-state index contributed by atoms with van der Waals surface area (Å²) in [4.78, 5) is 3.81. The number of halogens is 5. The van der Waals surface area contributed by atoms with Gasteiger partial charge in [-0.05, 0) is 15.9 Å². The summed E-state index contributed by atoms with van der Waals surface area (Å²) in [5, 5.41) is 0.286. The Balaban J connectivity index is 3.35. The molecule has 0 spiro atoms. The molecule has 0 radical (unpaired) electrons. The first kappa shape index (κ1) is 11.3. The van der Waals surface area contributed by atoms with Crippen molar-refractivity contribution in [3.05, 3.63) is 26.9 Å². The second-order valence-corrected chi connectivity index (χ2v) is 3.94. The van der Waals surface area contributed by atoms with Gasteiger partial charge in [-0.3, -0.25) is 0 Å². The zero-order valence-electron chi connectivity index (χ0n) is 6.20. The average Bonchev–Trinajstić information content (AvgIpc) is 2.07. The summed E-state index contributed by atoms with van der Waals surface area (Å²) in [6, 6.07) is 0. The number of alkyl halides is 3. The zero-order chi connectivity index (χ0) is 10.0. The van der Waals surface area contributed by atoms with Gasteiger partial charge in [0.2, 0.25) is 0 Å². The summed E-state index contributed by atoms with van der Waals surface area (Å²) in [5.74, 6) is 0. The number of hydrogen-bond acceptors (Lipinski definition) is 1. The lowest BCUT2D eigenvalue weighted by atomic mass is 10.2. The summed E-state index contributed by atoms with van der Waals surface area (Å²) >= 11 is 11.8. The second kappa shape index (κ2) is 4.66. The Morgan fingerprint density at radius 2 is 2.15 bits per heavy atom. The lowest BCUT2D eigenvalue weighted by Crippen LogP contribution is -1.97. The Bertz CT molecular complexity index is 320. The van der Waals surface area contributed by atoms with E-state index in [1.165, 1.54) is 6.20 Å². The van der Waals surface area contributed by atoms with E-state index in [2.05, 4.69) is 36.8 Å². The third-order valence-electron chi connectivity index (χ3n) is 1.47. The number of aromatic nitrogens is 1. The molecule has 0 unspecified atom stereocenters. The van der Waals surface area contributed by atoms with E-state index in [9.17, 15) is 8.78 Å². The fourth-order valence-electron chi connectivity index (χ4n) is 0.879. The summed E-state index contributed by atoms with van der Waals surface area (Å²) in [5.41, 5.74) is 0.225. The van der Waals surface area contributed by atoms with Crippen LogP contribution in [0, 0.1) is 0 Å². The normalized spacial score (nSPS) is 10.9. The summed E-state index contributed by atoms with van der Waals surface area (Å²) in [7, 11) is 0. The Morgan fingerprint density at radius 3 is 2.54 bits per heavy atom. The highest BCUT2D eigenvalue weighted by Crippen LogP contribution is 2.34. The molecular formula is C7H4Br2ClF2N. The van der Waals surface area contributed by atoms with Crippen LogP contribution < -0.4 is 0 Å². The molecule has 13 heavy (non-hydrogen) atoms. The van der Waals surface area contributed by atoms with Crippen molar-refractivity contribution in [3.8, 4) is 0 Å². The topological polar surface area (TPSA) is 12.9 Å². The zero-order valence-corrected chi connectivity index (χ0v) is 10.1. The van der Waals surface area contributed by atoms with Crippen LogP contribution in [0.25, 0.3) is 0 Å². The third kappa shape index (κ3) is 2.39. The molecule has 0 N–H and O–H groups in total. The summed E-state index contributed by atoms with van der Waals surface area (Å²) < 4.78 is 25.4. The monoisotopic (exact) mass is 333 g/mol. The van der Waals surface area contributed by atoms with E-state index in [1.807, 2.05) is 0 Å². The van der Waals surface area contributed by atoms with E-state index >= 15 is 0 Å². The Labute approximate surface area is 95.8 Å². The van der Waals surface area contributed by atoms with Gasteiger partial charge in [-0.15, -0.1) is 0 Å². The van der Waals surface area contributed by atoms with Gasteiger partial charge in [0, 0.05) is 22.7 Å². The van der Waals surface area contributed by atoms with Gasteiger partial charge in [0.1, 0.15) is 4.60 Å². The van der Waals surface area contributed by atoms with Gasteiger partial charge < -0.3 is 0 Å². The van der Waals surface area contributed by atoms with Crippen molar-refractivity contribution < 1.29 is 8.78 Å². The minimum atomic E-state index is -2.58. The molecule has 0 fully saturated rings. The fraction of sp³-hybridized carbons (Fsp3) is 0.286. The second-order valence-electron chi connectivity index (χ2n) is 2.22. The van der Waals surface area contributed by atoms with Crippen LogP contribution in [0.4, 0.5) is 8.78 Å². The molecule has 0 aromatic carbocycles. The predicted octanol–water partition coefficient (Wildman–Crippen LogP) is 4.33. The molecule has 0 aliphatic heterocycles. The molecule has 0 bridgehead atoms. The largest absolute Gasteiger partial charge is 0.265 e. The van der Waals surface area contributed by atoms with E-state index < -0.39 is 6.43 Å². The lowest BCUT2D eigenvalue weighted by molar-refractivity contribution is 0.150. The van der Waals surface area contributed by atoms with E-state index in [4.69, 9.17) is 11.6 Å². The maximum Gasteiger partial charge on any atom is 0.265 e. The molecule has 1 heterocycles. The van der Waals surface area contributed by atoms with Crippen molar-refractivity contribution in [2.75, 3.05) is 0 Å². The van der Waals surface area contributed by atoms with Gasteiger partial charge in [-0.25, -0.2) is 13.8 Å². The molecule has 6 heteroatoms. The predicted molar refractivity (Wildman–Crippen MR) is 54.5 cm³/mol. The summed E-state index contributed by atoms with van der Waals surface area (Å²) in [6.07, 6.45) is -1.38. The van der Waals surface area contributed by atoms with Crippen LogP contribution in [0.3, 0.4) is 0 Å². The SMILES string of the molecule is FC(F)c1c(Cl)cnc(Br)c1CBr. The Hall–Kier alpha value is 0.260. The molecule has 1 aromatic heterocycles. The van der Waals surface area contributed by atoms with Gasteiger partial charge in [-0.1, -0.05) is 27.5 Å². The van der Waals surface area contributed by atoms with Gasteiger partial charge in [-0.2, -0.15) is 0 Å². The van der Waals surface area contributed by atoms with Crippen LogP contribution in [-0.2, 0) is 5.33 Å². The quantitative estimate of drug-likeness (QED) is 0.579. The average molecular weight is 335 g/mol. The highest BCUT2D eigenvalue weighted by molar-refractivity contribution is 9.10. The fourth-order valence-corrected chi connectivity index (χ4v) is 2.52. The van der Waals surface area contributed by atoms with Crippen LogP contribution in [0.5, 0.6) is 0 Å². The standard InChI is InChI=1S/C7H4Br2ClF2N/c8-1-3-5(7(11)12)4(10)2-13-6(3)9/h2,7H,1H2. The van der Waals surface area contributed by atoms with Gasteiger partial charge >= 0.3 is 0 Å².